The summed E-state index contributed by atoms with van der Waals surface area (Å²) in [5.74, 6) is 0. The van der Waals surface area contributed by atoms with E-state index in [1.165, 1.54) is 21.5 Å². The smallest absolute Gasteiger partial charge is 0.0943 e. The number of hydrogen-bond donors (Lipinski definition) is 2. The van der Waals surface area contributed by atoms with Gasteiger partial charge < -0.3 is 15.4 Å². The van der Waals surface area contributed by atoms with Crippen LogP contribution in [0, 0.1) is 0 Å². The van der Waals surface area contributed by atoms with E-state index >= 15 is 0 Å². The van der Waals surface area contributed by atoms with E-state index in [0.717, 1.165) is 66.4 Å². The van der Waals surface area contributed by atoms with Crippen LogP contribution in [0.2, 0.25) is 0 Å². The van der Waals surface area contributed by atoms with Gasteiger partial charge in [-0.05, 0) is 60.7 Å². The van der Waals surface area contributed by atoms with Crippen LogP contribution < -0.4 is 0 Å². The highest BCUT2D eigenvalue weighted by atomic mass is 16.0. The lowest BCUT2D eigenvalue weighted by Crippen LogP contribution is -1.86. The molecule has 0 saturated carbocycles. The lowest BCUT2D eigenvalue weighted by atomic mass is 10.1. The summed E-state index contributed by atoms with van der Waals surface area (Å²) in [5.41, 5.74) is 10.6. The summed E-state index contributed by atoms with van der Waals surface area (Å²) in [6.07, 6.45) is 7.40. The molecule has 0 amide bonds. The molecule has 6 aromatic heterocycles. The molecule has 0 spiro atoms. The number of para-hydroxylation sites is 2. The Hall–Kier alpha value is -6.44. The molecule has 0 unspecified atom stereocenters. The third kappa shape index (κ3) is 4.82. The normalized spacial score (nSPS) is 11.2. The number of H-pyrrole nitrogens is 2. The molecule has 47 heavy (non-hydrogen) atoms. The van der Waals surface area contributed by atoms with Crippen molar-refractivity contribution in [2.75, 3.05) is 0 Å². The molecule has 0 bridgehead atoms. The summed E-state index contributed by atoms with van der Waals surface area (Å²) in [4.78, 5) is 25.1. The van der Waals surface area contributed by atoms with Crippen LogP contribution in [0.15, 0.2) is 146 Å². The van der Waals surface area contributed by atoms with Crippen LogP contribution in [0.4, 0.5) is 0 Å². The molecule has 0 saturated heterocycles. The molecule has 0 aliphatic heterocycles. The summed E-state index contributed by atoms with van der Waals surface area (Å²) in [6, 6.07) is 41.5. The van der Waals surface area contributed by atoms with Crippen LogP contribution in [-0.2, 0) is 0 Å². The minimum Gasteiger partial charge on any atom is -0.412 e. The molecule has 7 nitrogen and oxygen atoms in total. The van der Waals surface area contributed by atoms with E-state index < -0.39 is 0 Å². The largest absolute Gasteiger partial charge is 0.412 e. The fraction of sp³-hybridized carbons (Fsp3) is 0. The van der Waals surface area contributed by atoms with Crippen molar-refractivity contribution in [2.24, 2.45) is 0 Å². The van der Waals surface area contributed by atoms with Crippen molar-refractivity contribution in [2.45, 2.75) is 0 Å². The first-order valence-corrected chi connectivity index (χ1v) is 15.2. The molecule has 224 valence electrons. The Labute approximate surface area is 268 Å². The average molecular weight is 609 g/mol. The molecule has 10 rings (SSSR count). The number of rotatable bonds is 2. The number of aromatic amines is 2. The van der Waals surface area contributed by atoms with Gasteiger partial charge in [0.1, 0.15) is 0 Å². The van der Waals surface area contributed by atoms with Gasteiger partial charge in [0.2, 0.25) is 0 Å². The predicted octanol–water partition coefficient (Wildman–Crippen LogP) is 9.04. The van der Waals surface area contributed by atoms with Gasteiger partial charge in [-0.2, -0.15) is 0 Å². The lowest BCUT2D eigenvalue weighted by Gasteiger charge is -2.04. The molecule has 0 aliphatic carbocycles. The van der Waals surface area contributed by atoms with Gasteiger partial charge >= 0.3 is 0 Å². The number of hydrogen-bond acceptors (Lipinski definition) is 4. The Morgan fingerprint density at radius 1 is 0.383 bits per heavy atom. The van der Waals surface area contributed by atoms with Crippen LogP contribution in [0.25, 0.3) is 87.9 Å². The minimum absolute atomic E-state index is 0. The monoisotopic (exact) mass is 608 g/mol. The van der Waals surface area contributed by atoms with E-state index in [-0.39, 0.29) is 5.48 Å². The highest BCUT2D eigenvalue weighted by molar-refractivity contribution is 6.12. The topological polar surface area (TPSA) is 115 Å². The molecule has 7 heteroatoms. The molecule has 0 atom stereocenters. The summed E-state index contributed by atoms with van der Waals surface area (Å²) < 4.78 is 0. The van der Waals surface area contributed by atoms with Crippen LogP contribution in [0.5, 0.6) is 0 Å². The standard InChI is InChI=1S/2C20H13N3.H2O/c2*1-2-6-18-15(5-1)16-9-11-22-19(20(16)23-18)14-7-8-17-13(12-14)4-3-10-21-17;/h2*1-12,23H;1H2. The molecule has 0 aliphatic rings. The van der Waals surface area contributed by atoms with Crippen molar-refractivity contribution in [3.63, 3.8) is 0 Å². The quantitative estimate of drug-likeness (QED) is 0.204. The fourth-order valence-electron chi connectivity index (χ4n) is 6.43. The maximum atomic E-state index is 4.63. The van der Waals surface area contributed by atoms with E-state index in [4.69, 9.17) is 0 Å². The molecule has 0 fully saturated rings. The average Bonchev–Trinajstić information content (AvgIpc) is 3.70. The van der Waals surface area contributed by atoms with Gasteiger partial charge in [0, 0.05) is 79.3 Å². The van der Waals surface area contributed by atoms with Gasteiger partial charge in [-0.15, -0.1) is 0 Å². The van der Waals surface area contributed by atoms with Crippen molar-refractivity contribution in [3.05, 3.63) is 146 Å². The zero-order valence-corrected chi connectivity index (χ0v) is 25.1. The summed E-state index contributed by atoms with van der Waals surface area (Å²) in [7, 11) is 0. The Bertz CT molecular complexity index is 2540. The van der Waals surface area contributed by atoms with E-state index in [9.17, 15) is 0 Å². The second kappa shape index (κ2) is 11.5. The van der Waals surface area contributed by atoms with Gasteiger partial charge in [0.25, 0.3) is 0 Å². The highest BCUT2D eigenvalue weighted by Crippen LogP contribution is 2.34. The molecule has 10 aromatic rings. The van der Waals surface area contributed by atoms with Crippen molar-refractivity contribution < 1.29 is 5.48 Å². The van der Waals surface area contributed by atoms with Crippen molar-refractivity contribution >= 4 is 65.4 Å². The van der Waals surface area contributed by atoms with Gasteiger partial charge in [0.15, 0.2) is 0 Å². The van der Waals surface area contributed by atoms with Crippen LogP contribution in [0.3, 0.4) is 0 Å². The maximum Gasteiger partial charge on any atom is 0.0943 e. The van der Waals surface area contributed by atoms with E-state index in [2.05, 4.69) is 115 Å². The van der Waals surface area contributed by atoms with E-state index in [1.54, 1.807) is 0 Å². The van der Waals surface area contributed by atoms with Gasteiger partial charge in [-0.1, -0.05) is 60.7 Å². The maximum absolute atomic E-state index is 4.63. The molecule has 6 heterocycles. The van der Waals surface area contributed by atoms with Gasteiger partial charge in [0.05, 0.1) is 33.5 Å². The molecular formula is C40H28N6O. The Morgan fingerprint density at radius 3 is 1.34 bits per heavy atom. The van der Waals surface area contributed by atoms with E-state index in [0.29, 0.717) is 0 Å². The second-order valence-electron chi connectivity index (χ2n) is 11.3. The first kappa shape index (κ1) is 28.1. The Kier molecular flexibility index (Phi) is 6.86. The van der Waals surface area contributed by atoms with Crippen LogP contribution in [0.1, 0.15) is 0 Å². The number of nitrogens with zero attached hydrogens (tertiary/aromatic N) is 4. The van der Waals surface area contributed by atoms with Crippen molar-refractivity contribution in [1.82, 2.24) is 29.9 Å². The third-order valence-electron chi connectivity index (χ3n) is 8.61. The van der Waals surface area contributed by atoms with Crippen molar-refractivity contribution in [3.8, 4) is 22.5 Å². The zero-order chi connectivity index (χ0) is 30.5. The molecular weight excluding hydrogens is 580 g/mol. The minimum atomic E-state index is 0. The van der Waals surface area contributed by atoms with Gasteiger partial charge in [-0.3, -0.25) is 19.9 Å². The number of aromatic nitrogens is 6. The number of pyridine rings is 4. The lowest BCUT2D eigenvalue weighted by molar-refractivity contribution is 0.824. The van der Waals surface area contributed by atoms with E-state index in [1.807, 2.05) is 61.2 Å². The summed E-state index contributed by atoms with van der Waals surface area (Å²) in [6.45, 7) is 0. The fourth-order valence-corrected chi connectivity index (χ4v) is 6.43. The highest BCUT2D eigenvalue weighted by Gasteiger charge is 2.12. The second-order valence-corrected chi connectivity index (χ2v) is 11.3. The van der Waals surface area contributed by atoms with Crippen LogP contribution >= 0.6 is 0 Å². The third-order valence-corrected chi connectivity index (χ3v) is 8.61. The summed E-state index contributed by atoms with van der Waals surface area (Å²) in [5, 5.41) is 7.12. The van der Waals surface area contributed by atoms with Gasteiger partial charge in [-0.25, -0.2) is 0 Å². The van der Waals surface area contributed by atoms with Crippen molar-refractivity contribution in [1.29, 1.82) is 0 Å². The number of fused-ring (bicyclic) bond motifs is 8. The first-order valence-electron chi connectivity index (χ1n) is 15.2. The molecule has 0 radical (unpaired) electrons. The predicted molar refractivity (Wildman–Crippen MR) is 192 cm³/mol. The number of nitrogens with one attached hydrogen (secondary N) is 2. The molecule has 4 aromatic carbocycles. The first-order chi connectivity index (χ1) is 22.8. The zero-order valence-electron chi connectivity index (χ0n) is 25.1. The molecule has 4 N–H and O–H groups in total. The SMILES string of the molecule is O.c1cnc2ccc(-c3nccc4c3[nH]c3ccccc34)cc2c1.c1cnc2ccc(-c3nccc4c3[nH]c3ccccc34)cc2c1. The summed E-state index contributed by atoms with van der Waals surface area (Å²) >= 11 is 0. The van der Waals surface area contributed by atoms with Crippen LogP contribution in [-0.4, -0.2) is 35.4 Å². The Balaban J connectivity index is 0.000000135. The number of benzene rings is 4. The Morgan fingerprint density at radius 2 is 0.851 bits per heavy atom.